The van der Waals surface area contributed by atoms with E-state index in [4.69, 9.17) is 11.6 Å². The first-order chi connectivity index (χ1) is 13.1. The van der Waals surface area contributed by atoms with Crippen molar-refractivity contribution < 1.29 is 0 Å². The number of halogens is 3. The Morgan fingerprint density at radius 3 is 2.56 bits per heavy atom. The molecule has 1 fully saturated rings. The molecule has 2 heterocycles. The van der Waals surface area contributed by atoms with Gasteiger partial charge in [-0.2, -0.15) is 0 Å². The number of fused-ring (bicyclic) bond motifs is 2. The molecule has 1 aromatic carbocycles. The second kappa shape index (κ2) is 9.93. The Balaban J connectivity index is 0.000000659. The van der Waals surface area contributed by atoms with E-state index in [1.807, 2.05) is 6.07 Å². The topological polar surface area (TPSA) is 27.3 Å². The number of nitrogens with one attached hydrogen (secondary N) is 2. The highest BCUT2D eigenvalue weighted by atomic mass is 79.9. The largest absolute Gasteiger partial charge is 0.382 e. The summed E-state index contributed by atoms with van der Waals surface area (Å²) >= 11 is 13.7. The van der Waals surface area contributed by atoms with Gasteiger partial charge in [-0.1, -0.05) is 37.9 Å². The highest BCUT2D eigenvalue weighted by molar-refractivity contribution is 9.12. The fraction of sp³-hybridized carbons (Fsp3) is 0.524. The van der Waals surface area contributed by atoms with Crippen molar-refractivity contribution in [2.75, 3.05) is 26.2 Å². The van der Waals surface area contributed by atoms with Crippen LogP contribution in [0.4, 0.5) is 0 Å². The molecule has 3 nitrogen and oxygen atoms in total. The predicted molar refractivity (Wildman–Crippen MR) is 123 cm³/mol. The first kappa shape index (κ1) is 21.4. The molecule has 0 bridgehead atoms. The van der Waals surface area contributed by atoms with Crippen molar-refractivity contribution in [2.24, 2.45) is 0 Å². The van der Waals surface area contributed by atoms with Crippen molar-refractivity contribution in [3.8, 4) is 0 Å². The zero-order valence-corrected chi connectivity index (χ0v) is 19.9. The van der Waals surface area contributed by atoms with Crippen molar-refractivity contribution in [1.82, 2.24) is 15.5 Å². The number of dihydropyridines is 1. The van der Waals surface area contributed by atoms with Crippen LogP contribution in [0.15, 0.2) is 38.9 Å². The molecule has 6 heteroatoms. The second-order valence-electron chi connectivity index (χ2n) is 7.26. The summed E-state index contributed by atoms with van der Waals surface area (Å²) in [5.41, 5.74) is 4.23. The Hall–Kier alpha value is -0.330. The van der Waals surface area contributed by atoms with Gasteiger partial charge >= 0.3 is 0 Å². The molecule has 0 aromatic heterocycles. The standard InChI is InChI=1S/C18H20Br2ClN3.C3H8/c19-12-9-11-1-2-13-14(3-4-15(21)16(13)20)18(17(11)23-10-12)24-7-5-22-6-8-24;1-3-2/h3-4,9-10,17-18,22-23H,1-2,5-8H2;3H2,1-2H3. The second-order valence-corrected chi connectivity index (χ2v) is 9.38. The molecule has 0 spiro atoms. The molecule has 4 rings (SSSR count). The zero-order valence-electron chi connectivity index (χ0n) is 16.0. The number of piperazine rings is 1. The van der Waals surface area contributed by atoms with E-state index in [0.717, 1.165) is 53.0 Å². The van der Waals surface area contributed by atoms with Gasteiger partial charge in [0.25, 0.3) is 0 Å². The molecular formula is C21H28Br2ClN3. The van der Waals surface area contributed by atoms with Crippen LogP contribution in [0.2, 0.25) is 5.02 Å². The molecule has 2 N–H and O–H groups in total. The number of hydrogen-bond donors (Lipinski definition) is 2. The van der Waals surface area contributed by atoms with Gasteiger partial charge in [0, 0.05) is 41.3 Å². The molecule has 1 saturated heterocycles. The van der Waals surface area contributed by atoms with E-state index in [9.17, 15) is 0 Å². The van der Waals surface area contributed by atoms with Gasteiger partial charge in [-0.25, -0.2) is 0 Å². The highest BCUT2D eigenvalue weighted by Crippen LogP contribution is 2.42. The maximum Gasteiger partial charge on any atom is 0.0669 e. The van der Waals surface area contributed by atoms with E-state index in [-0.39, 0.29) is 0 Å². The summed E-state index contributed by atoms with van der Waals surface area (Å²) in [6, 6.07) is 4.91. The van der Waals surface area contributed by atoms with E-state index in [1.165, 1.54) is 23.1 Å². The van der Waals surface area contributed by atoms with Crippen LogP contribution in [0, 0.1) is 0 Å². The average Bonchev–Trinajstić information content (AvgIpc) is 2.83. The number of nitrogens with zero attached hydrogens (tertiary/aromatic N) is 1. The van der Waals surface area contributed by atoms with Gasteiger partial charge in [-0.15, -0.1) is 0 Å². The van der Waals surface area contributed by atoms with Crippen molar-refractivity contribution in [2.45, 2.75) is 45.2 Å². The molecule has 2 unspecified atom stereocenters. The molecular weight excluding hydrogens is 490 g/mol. The maximum atomic E-state index is 6.39. The minimum absolute atomic E-state index is 0.318. The van der Waals surface area contributed by atoms with Crippen molar-refractivity contribution in [1.29, 1.82) is 0 Å². The first-order valence-corrected chi connectivity index (χ1v) is 11.8. The smallest absolute Gasteiger partial charge is 0.0669 e. The minimum atomic E-state index is 0.318. The number of rotatable bonds is 1. The van der Waals surface area contributed by atoms with Crippen LogP contribution in [0.25, 0.3) is 0 Å². The molecule has 3 aliphatic rings. The van der Waals surface area contributed by atoms with Crippen LogP contribution in [0.5, 0.6) is 0 Å². The van der Waals surface area contributed by atoms with E-state index in [2.05, 4.69) is 79.6 Å². The van der Waals surface area contributed by atoms with Gasteiger partial charge < -0.3 is 10.6 Å². The molecule has 148 valence electrons. The van der Waals surface area contributed by atoms with Crippen LogP contribution in [0.1, 0.15) is 43.9 Å². The Morgan fingerprint density at radius 2 is 1.85 bits per heavy atom. The normalized spacial score (nSPS) is 24.9. The fourth-order valence-electron chi connectivity index (χ4n) is 4.06. The van der Waals surface area contributed by atoms with Gasteiger partial charge in [-0.3, -0.25) is 4.90 Å². The Kier molecular flexibility index (Phi) is 7.86. The molecule has 27 heavy (non-hydrogen) atoms. The highest BCUT2D eigenvalue weighted by Gasteiger charge is 2.37. The van der Waals surface area contributed by atoms with Crippen LogP contribution in [-0.2, 0) is 6.42 Å². The van der Waals surface area contributed by atoms with Crippen LogP contribution in [-0.4, -0.2) is 37.1 Å². The lowest BCUT2D eigenvalue weighted by Gasteiger charge is -2.41. The van der Waals surface area contributed by atoms with E-state index in [1.54, 1.807) is 0 Å². The molecule has 0 radical (unpaired) electrons. The van der Waals surface area contributed by atoms with E-state index < -0.39 is 0 Å². The summed E-state index contributed by atoms with van der Waals surface area (Å²) in [5.74, 6) is 0. The third-order valence-electron chi connectivity index (χ3n) is 5.20. The van der Waals surface area contributed by atoms with Crippen LogP contribution < -0.4 is 10.6 Å². The third kappa shape index (κ3) is 4.81. The van der Waals surface area contributed by atoms with Gasteiger partial charge in [0.2, 0.25) is 0 Å². The SMILES string of the molecule is CCC.Clc1ccc2c(c1Br)CCC1=CC(Br)=CNC1C2N1CCNCC1. The summed E-state index contributed by atoms with van der Waals surface area (Å²) < 4.78 is 2.18. The minimum Gasteiger partial charge on any atom is -0.382 e. The van der Waals surface area contributed by atoms with E-state index >= 15 is 0 Å². The first-order valence-electron chi connectivity index (χ1n) is 9.80. The quantitative estimate of drug-likeness (QED) is 0.512. The van der Waals surface area contributed by atoms with Gasteiger partial charge in [0.15, 0.2) is 0 Å². The molecule has 1 aromatic rings. The summed E-state index contributed by atoms with van der Waals surface area (Å²) in [4.78, 5) is 2.61. The van der Waals surface area contributed by atoms with Crippen LogP contribution in [0.3, 0.4) is 0 Å². The Bertz CT molecular complexity index is 726. The monoisotopic (exact) mass is 515 g/mol. The van der Waals surface area contributed by atoms with Gasteiger partial charge in [0.05, 0.1) is 17.1 Å². The molecule has 2 aliphatic heterocycles. The van der Waals surface area contributed by atoms with Gasteiger partial charge in [-0.05, 0) is 73.5 Å². The molecule has 1 aliphatic carbocycles. The fourth-order valence-corrected chi connectivity index (χ4v) is 5.22. The summed E-state index contributed by atoms with van der Waals surface area (Å²) in [6.07, 6.45) is 7.69. The van der Waals surface area contributed by atoms with Crippen molar-refractivity contribution >= 4 is 43.5 Å². The Morgan fingerprint density at radius 1 is 1.15 bits per heavy atom. The molecule has 2 atom stereocenters. The van der Waals surface area contributed by atoms with Gasteiger partial charge in [0.1, 0.15) is 0 Å². The zero-order chi connectivity index (χ0) is 19.4. The summed E-state index contributed by atoms with van der Waals surface area (Å²) in [5, 5.41) is 7.92. The lowest BCUT2D eigenvalue weighted by Crippen LogP contribution is -2.51. The molecule has 0 saturated carbocycles. The average molecular weight is 518 g/mol. The van der Waals surface area contributed by atoms with Crippen molar-refractivity contribution in [3.63, 3.8) is 0 Å². The number of allylic oxidation sites excluding steroid dienone is 2. The predicted octanol–water partition coefficient (Wildman–Crippen LogP) is 5.55. The lowest BCUT2D eigenvalue weighted by atomic mass is 9.91. The summed E-state index contributed by atoms with van der Waals surface area (Å²) in [7, 11) is 0. The number of hydrogen-bond acceptors (Lipinski definition) is 3. The Labute approximate surface area is 184 Å². The maximum absolute atomic E-state index is 6.39. The van der Waals surface area contributed by atoms with Crippen LogP contribution >= 0.6 is 43.5 Å². The molecule has 0 amide bonds. The third-order valence-corrected chi connectivity index (χ3v) is 7.11. The van der Waals surface area contributed by atoms with Crippen molar-refractivity contribution in [3.05, 3.63) is 55.1 Å². The van der Waals surface area contributed by atoms with E-state index in [0.29, 0.717) is 12.1 Å². The lowest BCUT2D eigenvalue weighted by molar-refractivity contribution is 0.152. The number of benzene rings is 1. The summed E-state index contributed by atoms with van der Waals surface area (Å²) in [6.45, 7) is 8.49.